The molecule has 1 aliphatic carbocycles. The van der Waals surface area contributed by atoms with E-state index in [2.05, 4.69) is 18.6 Å². The molecule has 0 aliphatic heterocycles. The zero-order valence-corrected chi connectivity index (χ0v) is 12.3. The van der Waals surface area contributed by atoms with Crippen LogP contribution < -0.4 is 4.74 Å². The summed E-state index contributed by atoms with van der Waals surface area (Å²) in [7, 11) is 0. The lowest BCUT2D eigenvalue weighted by Crippen LogP contribution is -2.39. The predicted octanol–water partition coefficient (Wildman–Crippen LogP) is 4.31. The number of halogens is 3. The van der Waals surface area contributed by atoms with E-state index in [4.69, 9.17) is 0 Å². The van der Waals surface area contributed by atoms with Gasteiger partial charge in [0.25, 0.3) is 0 Å². The van der Waals surface area contributed by atoms with Crippen LogP contribution in [0.3, 0.4) is 0 Å². The van der Waals surface area contributed by atoms with E-state index in [0.717, 1.165) is 24.8 Å². The molecule has 2 rings (SSSR count). The highest BCUT2D eigenvalue weighted by atomic mass is 19.4. The molecule has 0 heterocycles. The average molecular weight is 302 g/mol. The second-order valence-electron chi connectivity index (χ2n) is 6.29. The van der Waals surface area contributed by atoms with Gasteiger partial charge in [-0.3, -0.25) is 0 Å². The van der Waals surface area contributed by atoms with E-state index < -0.39 is 12.0 Å². The van der Waals surface area contributed by atoms with Gasteiger partial charge in [0.1, 0.15) is 5.75 Å². The summed E-state index contributed by atoms with van der Waals surface area (Å²) in [6.07, 6.45) is -1.76. The van der Waals surface area contributed by atoms with E-state index in [-0.39, 0.29) is 5.75 Å². The summed E-state index contributed by atoms with van der Waals surface area (Å²) in [6.45, 7) is 4.32. The molecule has 1 aromatic rings. The van der Waals surface area contributed by atoms with Gasteiger partial charge in [-0.2, -0.15) is 0 Å². The lowest BCUT2D eigenvalue weighted by Gasteiger charge is -2.39. The summed E-state index contributed by atoms with van der Waals surface area (Å²) >= 11 is 0. The number of hydrogen-bond donors (Lipinski definition) is 1. The van der Waals surface area contributed by atoms with Gasteiger partial charge in [0.15, 0.2) is 0 Å². The van der Waals surface area contributed by atoms with Gasteiger partial charge in [-0.1, -0.05) is 26.0 Å². The van der Waals surface area contributed by atoms with Crippen LogP contribution in [0.25, 0.3) is 0 Å². The molecule has 3 unspecified atom stereocenters. The molecule has 1 aromatic carbocycles. The quantitative estimate of drug-likeness (QED) is 0.901. The van der Waals surface area contributed by atoms with Gasteiger partial charge in [-0.25, -0.2) is 0 Å². The molecule has 0 bridgehead atoms. The van der Waals surface area contributed by atoms with Crippen molar-refractivity contribution in [2.45, 2.75) is 51.5 Å². The van der Waals surface area contributed by atoms with Crippen molar-refractivity contribution in [1.82, 2.24) is 0 Å². The van der Waals surface area contributed by atoms with Crippen molar-refractivity contribution >= 4 is 0 Å². The number of alkyl halides is 3. The van der Waals surface area contributed by atoms with Crippen molar-refractivity contribution in [2.75, 3.05) is 0 Å². The standard InChI is InChI=1S/C16H21F3O2/c1-11-7-8-15(20,9-12(11)2)10-13-3-5-14(6-4-13)21-16(17,18)19/h3-6,11-12,20H,7-10H2,1-2H3. The SMILES string of the molecule is CC1CCC(O)(Cc2ccc(OC(F)(F)F)cc2)CC1C. The molecule has 2 nitrogen and oxygen atoms in total. The first-order valence-corrected chi connectivity index (χ1v) is 7.24. The van der Waals surface area contributed by atoms with Crippen LogP contribution in [-0.2, 0) is 6.42 Å². The molecule has 1 saturated carbocycles. The third kappa shape index (κ3) is 4.63. The number of aliphatic hydroxyl groups is 1. The molecule has 0 saturated heterocycles. The Morgan fingerprint density at radius 1 is 1.19 bits per heavy atom. The Morgan fingerprint density at radius 3 is 2.33 bits per heavy atom. The van der Waals surface area contributed by atoms with Crippen molar-refractivity contribution < 1.29 is 23.0 Å². The second-order valence-corrected chi connectivity index (χ2v) is 6.29. The van der Waals surface area contributed by atoms with Crippen LogP contribution in [0.5, 0.6) is 5.75 Å². The maximum Gasteiger partial charge on any atom is 0.573 e. The molecular weight excluding hydrogens is 281 g/mol. The summed E-state index contributed by atoms with van der Waals surface area (Å²) in [5.41, 5.74) is 0.0759. The molecule has 1 fully saturated rings. The third-order valence-corrected chi connectivity index (χ3v) is 4.43. The monoisotopic (exact) mass is 302 g/mol. The fourth-order valence-corrected chi connectivity index (χ4v) is 3.03. The van der Waals surface area contributed by atoms with Gasteiger partial charge in [-0.05, 0) is 48.8 Å². The summed E-state index contributed by atoms with van der Waals surface area (Å²) in [4.78, 5) is 0. The summed E-state index contributed by atoms with van der Waals surface area (Å²) in [5, 5.41) is 10.7. The fraction of sp³-hybridized carbons (Fsp3) is 0.625. The Balaban J connectivity index is 2.00. The molecule has 21 heavy (non-hydrogen) atoms. The molecule has 5 heteroatoms. The number of benzene rings is 1. The van der Waals surface area contributed by atoms with Gasteiger partial charge in [-0.15, -0.1) is 13.2 Å². The third-order valence-electron chi connectivity index (χ3n) is 4.43. The Bertz CT molecular complexity index is 469. The van der Waals surface area contributed by atoms with Crippen molar-refractivity contribution in [1.29, 1.82) is 0 Å². The van der Waals surface area contributed by atoms with E-state index in [1.54, 1.807) is 12.1 Å². The molecule has 1 N–H and O–H groups in total. The van der Waals surface area contributed by atoms with Crippen LogP contribution in [0, 0.1) is 11.8 Å². The van der Waals surface area contributed by atoms with Gasteiger partial charge < -0.3 is 9.84 Å². The summed E-state index contributed by atoms with van der Waals surface area (Å²) in [6, 6.07) is 5.76. The van der Waals surface area contributed by atoms with Crippen LogP contribution in [0.15, 0.2) is 24.3 Å². The molecule has 0 aromatic heterocycles. The summed E-state index contributed by atoms with van der Waals surface area (Å²) < 4.78 is 40.1. The largest absolute Gasteiger partial charge is 0.573 e. The zero-order valence-electron chi connectivity index (χ0n) is 12.3. The Hall–Kier alpha value is -1.23. The Labute approximate surface area is 122 Å². The van der Waals surface area contributed by atoms with Gasteiger partial charge in [0.2, 0.25) is 0 Å². The maximum atomic E-state index is 12.1. The first-order valence-electron chi connectivity index (χ1n) is 7.24. The fourth-order valence-electron chi connectivity index (χ4n) is 3.03. The predicted molar refractivity (Wildman–Crippen MR) is 74.0 cm³/mol. The number of rotatable bonds is 3. The first kappa shape index (κ1) is 16.1. The van der Waals surface area contributed by atoms with Gasteiger partial charge in [0, 0.05) is 6.42 Å². The highest BCUT2D eigenvalue weighted by molar-refractivity contribution is 5.28. The molecule has 3 atom stereocenters. The van der Waals surface area contributed by atoms with Crippen molar-refractivity contribution in [3.05, 3.63) is 29.8 Å². The second kappa shape index (κ2) is 5.87. The van der Waals surface area contributed by atoms with Crippen LogP contribution in [0.2, 0.25) is 0 Å². The molecule has 0 amide bonds. The highest BCUT2D eigenvalue weighted by Crippen LogP contribution is 2.38. The first-order chi connectivity index (χ1) is 9.67. The lowest BCUT2D eigenvalue weighted by atomic mass is 9.71. The normalized spacial score (nSPS) is 30.2. The minimum absolute atomic E-state index is 0.233. The van der Waals surface area contributed by atoms with Crippen LogP contribution >= 0.6 is 0 Å². The van der Waals surface area contributed by atoms with Crippen LogP contribution in [-0.4, -0.2) is 17.1 Å². The molecule has 1 aliphatic rings. The Kier molecular flexibility index (Phi) is 4.51. The lowest BCUT2D eigenvalue weighted by molar-refractivity contribution is -0.274. The van der Waals surface area contributed by atoms with E-state index in [1.165, 1.54) is 12.1 Å². The smallest absolute Gasteiger partial charge is 0.406 e. The van der Waals surface area contributed by atoms with E-state index >= 15 is 0 Å². The van der Waals surface area contributed by atoms with E-state index in [1.807, 2.05) is 0 Å². The van der Waals surface area contributed by atoms with Gasteiger partial charge in [0.05, 0.1) is 5.60 Å². The van der Waals surface area contributed by atoms with E-state index in [0.29, 0.717) is 18.3 Å². The zero-order chi connectivity index (χ0) is 15.7. The van der Waals surface area contributed by atoms with Crippen molar-refractivity contribution in [3.8, 4) is 5.75 Å². The van der Waals surface area contributed by atoms with Crippen molar-refractivity contribution in [2.24, 2.45) is 11.8 Å². The van der Waals surface area contributed by atoms with E-state index in [9.17, 15) is 18.3 Å². The van der Waals surface area contributed by atoms with Crippen LogP contribution in [0.1, 0.15) is 38.7 Å². The highest BCUT2D eigenvalue weighted by Gasteiger charge is 2.36. The van der Waals surface area contributed by atoms with Crippen LogP contribution in [0.4, 0.5) is 13.2 Å². The minimum atomic E-state index is -4.67. The number of hydrogen-bond acceptors (Lipinski definition) is 2. The molecule has 118 valence electrons. The van der Waals surface area contributed by atoms with Crippen molar-refractivity contribution in [3.63, 3.8) is 0 Å². The molecule has 0 spiro atoms. The maximum absolute atomic E-state index is 12.1. The minimum Gasteiger partial charge on any atom is -0.406 e. The van der Waals surface area contributed by atoms with Gasteiger partial charge >= 0.3 is 6.36 Å². The number of ether oxygens (including phenoxy) is 1. The molecular formula is C16H21F3O2. The Morgan fingerprint density at radius 2 is 1.81 bits per heavy atom. The average Bonchev–Trinajstić information content (AvgIpc) is 2.35. The topological polar surface area (TPSA) is 29.5 Å². The summed E-state index contributed by atoms with van der Waals surface area (Å²) in [5.74, 6) is 0.827. The molecule has 0 radical (unpaired) electrons.